The highest BCUT2D eigenvalue weighted by atomic mass is 16.3. The van der Waals surface area contributed by atoms with Crippen molar-refractivity contribution in [1.82, 2.24) is 4.90 Å². The van der Waals surface area contributed by atoms with Gasteiger partial charge in [0.25, 0.3) is 0 Å². The first-order valence-electron chi connectivity index (χ1n) is 6.24. The Hall–Kier alpha value is -1.55. The van der Waals surface area contributed by atoms with Crippen LogP contribution in [0.25, 0.3) is 0 Å². The molecule has 98 valence electrons. The third kappa shape index (κ3) is 3.23. The topological polar surface area (TPSA) is 60.8 Å². The Morgan fingerprint density at radius 1 is 1.39 bits per heavy atom. The number of phenols is 1. The predicted octanol–water partition coefficient (Wildman–Crippen LogP) is 1.31. The first kappa shape index (κ1) is 12.9. The average molecular weight is 249 g/mol. The molecule has 1 fully saturated rings. The Kier molecular flexibility index (Phi) is 3.57. The zero-order valence-corrected chi connectivity index (χ0v) is 10.6. The van der Waals surface area contributed by atoms with Crippen LogP contribution in [-0.2, 0) is 11.2 Å². The van der Waals surface area contributed by atoms with Crippen LogP contribution in [0.1, 0.15) is 25.3 Å². The number of nitrogens with zero attached hydrogens (tertiary/aromatic N) is 1. The molecule has 0 spiro atoms. The molecule has 1 aliphatic rings. The normalized spacial score (nSPS) is 24.0. The van der Waals surface area contributed by atoms with Crippen molar-refractivity contribution in [1.29, 1.82) is 0 Å². The van der Waals surface area contributed by atoms with Crippen LogP contribution >= 0.6 is 0 Å². The molecule has 1 aromatic carbocycles. The number of carbonyl (C=O) groups is 1. The van der Waals surface area contributed by atoms with Gasteiger partial charge in [0, 0.05) is 13.1 Å². The first-order valence-corrected chi connectivity index (χ1v) is 6.24. The van der Waals surface area contributed by atoms with Gasteiger partial charge < -0.3 is 15.1 Å². The van der Waals surface area contributed by atoms with Crippen LogP contribution in [0, 0.1) is 0 Å². The van der Waals surface area contributed by atoms with E-state index < -0.39 is 5.60 Å². The van der Waals surface area contributed by atoms with Crippen LogP contribution in [0.3, 0.4) is 0 Å². The maximum Gasteiger partial charge on any atom is 0.227 e. The molecule has 2 rings (SSSR count). The van der Waals surface area contributed by atoms with Crippen molar-refractivity contribution < 1.29 is 15.0 Å². The van der Waals surface area contributed by atoms with Crippen molar-refractivity contribution >= 4 is 5.91 Å². The Morgan fingerprint density at radius 2 is 2.06 bits per heavy atom. The summed E-state index contributed by atoms with van der Waals surface area (Å²) in [5.74, 6) is 0.229. The fourth-order valence-corrected chi connectivity index (χ4v) is 2.33. The molecule has 0 radical (unpaired) electrons. The highest BCUT2D eigenvalue weighted by Gasteiger charge is 2.30. The lowest BCUT2D eigenvalue weighted by atomic mass is 9.95. The number of amides is 1. The van der Waals surface area contributed by atoms with Crippen molar-refractivity contribution in [2.45, 2.75) is 31.8 Å². The van der Waals surface area contributed by atoms with Crippen LogP contribution in [0.5, 0.6) is 5.75 Å². The van der Waals surface area contributed by atoms with Crippen molar-refractivity contribution in [3.8, 4) is 5.75 Å². The van der Waals surface area contributed by atoms with Crippen LogP contribution in [0.2, 0.25) is 0 Å². The minimum Gasteiger partial charge on any atom is -0.508 e. The van der Waals surface area contributed by atoms with Crippen LogP contribution in [0.4, 0.5) is 0 Å². The van der Waals surface area contributed by atoms with Gasteiger partial charge in [-0.3, -0.25) is 4.79 Å². The number of benzene rings is 1. The smallest absolute Gasteiger partial charge is 0.227 e. The summed E-state index contributed by atoms with van der Waals surface area (Å²) in [6.45, 7) is 2.89. The zero-order chi connectivity index (χ0) is 13.2. The minimum absolute atomic E-state index is 0.0284. The number of rotatable bonds is 2. The van der Waals surface area contributed by atoms with Gasteiger partial charge in [-0.25, -0.2) is 0 Å². The van der Waals surface area contributed by atoms with Gasteiger partial charge in [-0.05, 0) is 37.5 Å². The van der Waals surface area contributed by atoms with Gasteiger partial charge in [-0.2, -0.15) is 0 Å². The molecule has 0 aromatic heterocycles. The molecule has 1 heterocycles. The maximum absolute atomic E-state index is 12.1. The summed E-state index contributed by atoms with van der Waals surface area (Å²) < 4.78 is 0. The Morgan fingerprint density at radius 3 is 2.67 bits per heavy atom. The SMILES string of the molecule is CC1(O)CCCN(C(=O)Cc2ccc(O)cc2)C1. The second kappa shape index (κ2) is 4.98. The molecule has 1 unspecified atom stereocenters. The van der Waals surface area contributed by atoms with Crippen LogP contribution in [-0.4, -0.2) is 39.7 Å². The van der Waals surface area contributed by atoms with Gasteiger partial charge in [-0.1, -0.05) is 12.1 Å². The third-order valence-corrected chi connectivity index (χ3v) is 3.32. The van der Waals surface area contributed by atoms with Crippen molar-refractivity contribution in [3.63, 3.8) is 0 Å². The van der Waals surface area contributed by atoms with E-state index in [1.54, 1.807) is 36.1 Å². The molecule has 0 saturated carbocycles. The van der Waals surface area contributed by atoms with Crippen LogP contribution in [0.15, 0.2) is 24.3 Å². The first-order chi connectivity index (χ1) is 8.46. The van der Waals surface area contributed by atoms with Gasteiger partial charge in [0.2, 0.25) is 5.91 Å². The summed E-state index contributed by atoms with van der Waals surface area (Å²) >= 11 is 0. The second-order valence-corrected chi connectivity index (χ2v) is 5.26. The number of piperidine rings is 1. The van der Waals surface area contributed by atoms with Crippen LogP contribution < -0.4 is 0 Å². The number of hydrogen-bond acceptors (Lipinski definition) is 3. The minimum atomic E-state index is -0.761. The summed E-state index contributed by atoms with van der Waals surface area (Å²) in [4.78, 5) is 13.8. The van der Waals surface area contributed by atoms with E-state index in [9.17, 15) is 15.0 Å². The van der Waals surface area contributed by atoms with E-state index >= 15 is 0 Å². The number of phenolic OH excluding ortho intramolecular Hbond substituents is 1. The fraction of sp³-hybridized carbons (Fsp3) is 0.500. The molecule has 4 heteroatoms. The van der Waals surface area contributed by atoms with E-state index in [0.29, 0.717) is 19.5 Å². The van der Waals surface area contributed by atoms with E-state index in [2.05, 4.69) is 0 Å². The molecule has 1 aromatic rings. The number of β-amino-alcohol motifs (C(OH)–C–C–N with tert-alkyl or cyclic N) is 1. The average Bonchev–Trinajstić information content (AvgIpc) is 2.31. The Balaban J connectivity index is 1.97. The van der Waals surface area contributed by atoms with E-state index in [4.69, 9.17) is 0 Å². The second-order valence-electron chi connectivity index (χ2n) is 5.26. The van der Waals surface area contributed by atoms with Crippen molar-refractivity contribution in [2.75, 3.05) is 13.1 Å². The molecular weight excluding hydrogens is 230 g/mol. The number of hydrogen-bond donors (Lipinski definition) is 2. The van der Waals surface area contributed by atoms with Gasteiger partial charge >= 0.3 is 0 Å². The molecular formula is C14H19NO3. The van der Waals surface area contributed by atoms with Gasteiger partial charge in [-0.15, -0.1) is 0 Å². The lowest BCUT2D eigenvalue weighted by Crippen LogP contribution is -2.49. The lowest BCUT2D eigenvalue weighted by molar-refractivity contribution is -0.136. The van der Waals surface area contributed by atoms with E-state index in [1.807, 2.05) is 0 Å². The quantitative estimate of drug-likeness (QED) is 0.830. The fourth-order valence-electron chi connectivity index (χ4n) is 2.33. The highest BCUT2D eigenvalue weighted by Crippen LogP contribution is 2.21. The van der Waals surface area contributed by atoms with E-state index in [1.165, 1.54) is 0 Å². The highest BCUT2D eigenvalue weighted by molar-refractivity contribution is 5.79. The molecule has 1 atom stereocenters. The van der Waals surface area contributed by atoms with Gasteiger partial charge in [0.15, 0.2) is 0 Å². The molecule has 1 amide bonds. The molecule has 2 N–H and O–H groups in total. The molecule has 0 bridgehead atoms. The number of aromatic hydroxyl groups is 1. The van der Waals surface area contributed by atoms with E-state index in [-0.39, 0.29) is 11.7 Å². The molecule has 4 nitrogen and oxygen atoms in total. The Bertz CT molecular complexity index is 425. The Labute approximate surface area is 107 Å². The number of likely N-dealkylation sites (tertiary alicyclic amines) is 1. The lowest BCUT2D eigenvalue weighted by Gasteiger charge is -2.36. The molecule has 0 aliphatic carbocycles. The zero-order valence-electron chi connectivity index (χ0n) is 10.6. The third-order valence-electron chi connectivity index (χ3n) is 3.32. The molecule has 1 saturated heterocycles. The van der Waals surface area contributed by atoms with Gasteiger partial charge in [0.05, 0.1) is 12.0 Å². The number of carbonyl (C=O) groups excluding carboxylic acids is 1. The number of aliphatic hydroxyl groups is 1. The van der Waals surface area contributed by atoms with Gasteiger partial charge in [0.1, 0.15) is 5.75 Å². The summed E-state index contributed by atoms with van der Waals surface area (Å²) in [6.07, 6.45) is 1.90. The summed E-state index contributed by atoms with van der Waals surface area (Å²) in [5.41, 5.74) is 0.117. The monoisotopic (exact) mass is 249 g/mol. The van der Waals surface area contributed by atoms with E-state index in [0.717, 1.165) is 18.4 Å². The summed E-state index contributed by atoms with van der Waals surface area (Å²) in [7, 11) is 0. The summed E-state index contributed by atoms with van der Waals surface area (Å²) in [5, 5.41) is 19.1. The summed E-state index contributed by atoms with van der Waals surface area (Å²) in [6, 6.07) is 6.65. The molecule has 1 aliphatic heterocycles. The van der Waals surface area contributed by atoms with Crippen molar-refractivity contribution in [2.24, 2.45) is 0 Å². The standard InChI is InChI=1S/C14H19NO3/c1-14(18)7-2-8-15(10-14)13(17)9-11-3-5-12(16)6-4-11/h3-6,16,18H,2,7-10H2,1H3. The maximum atomic E-state index is 12.1. The largest absolute Gasteiger partial charge is 0.508 e. The van der Waals surface area contributed by atoms with Crippen molar-refractivity contribution in [3.05, 3.63) is 29.8 Å². The molecule has 18 heavy (non-hydrogen) atoms. The predicted molar refractivity (Wildman–Crippen MR) is 68.2 cm³/mol.